The molecule has 3 rings (SSSR count). The quantitative estimate of drug-likeness (QED) is 0.880. The van der Waals surface area contributed by atoms with Crippen molar-refractivity contribution < 1.29 is 14.1 Å². The van der Waals surface area contributed by atoms with Gasteiger partial charge in [0.25, 0.3) is 5.91 Å². The third kappa shape index (κ3) is 4.41. The van der Waals surface area contributed by atoms with Crippen molar-refractivity contribution in [1.29, 1.82) is 0 Å². The van der Waals surface area contributed by atoms with Crippen molar-refractivity contribution in [1.82, 2.24) is 0 Å². The summed E-state index contributed by atoms with van der Waals surface area (Å²) in [6.07, 6.45) is 0. The zero-order valence-corrected chi connectivity index (χ0v) is 15.7. The number of benzene rings is 2. The van der Waals surface area contributed by atoms with Gasteiger partial charge in [0.2, 0.25) is 0 Å². The fraction of sp³-hybridized carbons (Fsp3) is 0.381. The van der Waals surface area contributed by atoms with E-state index in [1.54, 1.807) is 6.07 Å². The Morgan fingerprint density at radius 3 is 2.50 bits per heavy atom. The molecular weight excluding hydrogens is 329 g/mol. The maximum atomic E-state index is 13.4. The van der Waals surface area contributed by atoms with Crippen molar-refractivity contribution in [3.63, 3.8) is 0 Å². The molecule has 138 valence electrons. The number of hydrogen-bond acceptors (Lipinski definition) is 2. The molecule has 2 N–H and O–H groups in total. The zero-order valence-electron chi connectivity index (χ0n) is 15.7. The lowest BCUT2D eigenvalue weighted by Crippen LogP contribution is -3.15. The Bertz CT molecular complexity index is 798. The Morgan fingerprint density at radius 2 is 1.81 bits per heavy atom. The maximum absolute atomic E-state index is 13.4. The molecule has 2 aromatic rings. The van der Waals surface area contributed by atoms with E-state index in [0.29, 0.717) is 12.2 Å². The Labute approximate surface area is 154 Å². The average Bonchev–Trinajstić information content (AvgIpc) is 2.59. The van der Waals surface area contributed by atoms with Gasteiger partial charge in [0.1, 0.15) is 5.82 Å². The number of hydrogen-bond donors (Lipinski definition) is 2. The van der Waals surface area contributed by atoms with Crippen LogP contribution in [0.3, 0.4) is 0 Å². The Morgan fingerprint density at radius 1 is 1.08 bits per heavy atom. The zero-order chi connectivity index (χ0) is 18.7. The molecule has 4 nitrogen and oxygen atoms in total. The van der Waals surface area contributed by atoms with Gasteiger partial charge in [-0.25, -0.2) is 4.39 Å². The summed E-state index contributed by atoms with van der Waals surface area (Å²) >= 11 is 0. The summed E-state index contributed by atoms with van der Waals surface area (Å²) in [5.74, 6) is -0.394. The van der Waals surface area contributed by atoms with Gasteiger partial charge in [-0.2, -0.15) is 0 Å². The number of piperazine rings is 1. The molecule has 0 saturated carbocycles. The summed E-state index contributed by atoms with van der Waals surface area (Å²) in [6, 6.07) is 11.0. The summed E-state index contributed by atoms with van der Waals surface area (Å²) in [5, 5.41) is 2.84. The third-order valence-electron chi connectivity index (χ3n) is 5.05. The minimum absolute atomic E-state index is 0.0614. The molecule has 5 heteroatoms. The summed E-state index contributed by atoms with van der Waals surface area (Å²) in [5.41, 5.74) is 5.29. The molecule has 1 aliphatic heterocycles. The van der Waals surface area contributed by atoms with Crippen LogP contribution in [-0.2, 0) is 4.79 Å². The number of quaternary nitrogens is 1. The van der Waals surface area contributed by atoms with Gasteiger partial charge in [0.05, 0.1) is 26.2 Å². The lowest BCUT2D eigenvalue weighted by molar-refractivity contribution is -0.892. The van der Waals surface area contributed by atoms with E-state index in [1.807, 2.05) is 6.92 Å². The molecule has 0 spiro atoms. The largest absolute Gasteiger partial charge is 0.360 e. The molecule has 0 bridgehead atoms. The first kappa shape index (κ1) is 18.4. The Kier molecular flexibility index (Phi) is 5.57. The number of carbonyl (C=O) groups is 1. The van der Waals surface area contributed by atoms with E-state index < -0.39 is 0 Å². The van der Waals surface area contributed by atoms with Crippen LogP contribution in [0.25, 0.3) is 0 Å². The van der Waals surface area contributed by atoms with Crippen LogP contribution in [0.1, 0.15) is 16.7 Å². The lowest BCUT2D eigenvalue weighted by atomic mass is 10.1. The molecular formula is C21H27FN3O+. The van der Waals surface area contributed by atoms with Crippen molar-refractivity contribution in [3.8, 4) is 0 Å². The minimum Gasteiger partial charge on any atom is -0.360 e. The molecule has 0 radical (unpaired) electrons. The molecule has 1 saturated heterocycles. The van der Waals surface area contributed by atoms with Gasteiger partial charge in [-0.3, -0.25) is 4.79 Å². The van der Waals surface area contributed by atoms with E-state index in [9.17, 15) is 9.18 Å². The van der Waals surface area contributed by atoms with Crippen LogP contribution in [0.5, 0.6) is 0 Å². The smallest absolute Gasteiger partial charge is 0.279 e. The van der Waals surface area contributed by atoms with Gasteiger partial charge in [-0.1, -0.05) is 23.8 Å². The molecule has 1 fully saturated rings. The molecule has 0 unspecified atom stereocenters. The molecule has 0 aliphatic carbocycles. The Hall–Kier alpha value is -2.40. The number of rotatable bonds is 4. The topological polar surface area (TPSA) is 36.8 Å². The summed E-state index contributed by atoms with van der Waals surface area (Å²) in [6.45, 7) is 10.2. The van der Waals surface area contributed by atoms with Gasteiger partial charge in [-0.05, 0) is 50.1 Å². The summed E-state index contributed by atoms with van der Waals surface area (Å²) < 4.78 is 13.4. The molecule has 1 aliphatic rings. The second-order valence-electron chi connectivity index (χ2n) is 7.21. The maximum Gasteiger partial charge on any atom is 0.279 e. The monoisotopic (exact) mass is 356 g/mol. The fourth-order valence-electron chi connectivity index (χ4n) is 3.55. The second-order valence-corrected chi connectivity index (χ2v) is 7.21. The molecule has 26 heavy (non-hydrogen) atoms. The number of anilines is 2. The number of halogens is 1. The van der Waals surface area contributed by atoms with Gasteiger partial charge in [0, 0.05) is 11.4 Å². The highest BCUT2D eigenvalue weighted by atomic mass is 19.1. The number of aryl methyl sites for hydroxylation is 3. The van der Waals surface area contributed by atoms with Gasteiger partial charge in [0.15, 0.2) is 6.54 Å². The average molecular weight is 356 g/mol. The van der Waals surface area contributed by atoms with Gasteiger partial charge in [-0.15, -0.1) is 0 Å². The predicted molar refractivity (Wildman–Crippen MR) is 103 cm³/mol. The van der Waals surface area contributed by atoms with Crippen LogP contribution in [0.15, 0.2) is 36.4 Å². The van der Waals surface area contributed by atoms with Gasteiger partial charge >= 0.3 is 0 Å². The number of carbonyl (C=O) groups excluding carboxylic acids is 1. The first-order chi connectivity index (χ1) is 12.4. The lowest BCUT2D eigenvalue weighted by Gasteiger charge is -2.34. The van der Waals surface area contributed by atoms with Crippen molar-refractivity contribution in [3.05, 3.63) is 58.9 Å². The van der Waals surface area contributed by atoms with E-state index in [2.05, 4.69) is 42.3 Å². The Balaban J connectivity index is 1.53. The van der Waals surface area contributed by atoms with Crippen LogP contribution >= 0.6 is 0 Å². The first-order valence-electron chi connectivity index (χ1n) is 9.14. The van der Waals surface area contributed by atoms with Gasteiger partial charge < -0.3 is 15.1 Å². The van der Waals surface area contributed by atoms with Crippen LogP contribution in [0.4, 0.5) is 15.8 Å². The molecule has 0 atom stereocenters. The van der Waals surface area contributed by atoms with E-state index in [-0.39, 0.29) is 11.7 Å². The van der Waals surface area contributed by atoms with E-state index >= 15 is 0 Å². The molecule has 1 heterocycles. The molecule has 0 aromatic heterocycles. The highest BCUT2D eigenvalue weighted by Gasteiger charge is 2.23. The van der Waals surface area contributed by atoms with Crippen LogP contribution < -0.4 is 15.1 Å². The van der Waals surface area contributed by atoms with Crippen molar-refractivity contribution in [2.24, 2.45) is 0 Å². The van der Waals surface area contributed by atoms with E-state index in [4.69, 9.17) is 0 Å². The van der Waals surface area contributed by atoms with Crippen LogP contribution in [0.2, 0.25) is 0 Å². The van der Waals surface area contributed by atoms with Crippen molar-refractivity contribution >= 4 is 17.3 Å². The van der Waals surface area contributed by atoms with E-state index in [1.165, 1.54) is 33.8 Å². The predicted octanol–water partition coefficient (Wildman–Crippen LogP) is 2.09. The highest BCUT2D eigenvalue weighted by molar-refractivity contribution is 5.92. The van der Waals surface area contributed by atoms with Crippen molar-refractivity contribution in [2.45, 2.75) is 20.8 Å². The fourth-order valence-corrected chi connectivity index (χ4v) is 3.55. The third-order valence-corrected chi connectivity index (χ3v) is 5.05. The molecule has 2 aromatic carbocycles. The van der Waals surface area contributed by atoms with Crippen molar-refractivity contribution in [2.75, 3.05) is 42.9 Å². The first-order valence-corrected chi connectivity index (χ1v) is 9.14. The number of nitrogens with zero attached hydrogens (tertiary/aromatic N) is 1. The van der Waals surface area contributed by atoms with Crippen LogP contribution in [-0.4, -0.2) is 38.6 Å². The van der Waals surface area contributed by atoms with E-state index in [0.717, 1.165) is 31.7 Å². The second kappa shape index (κ2) is 7.87. The summed E-state index contributed by atoms with van der Waals surface area (Å²) in [4.78, 5) is 16.0. The number of amides is 1. The normalized spacial score (nSPS) is 15.2. The SMILES string of the molecule is Cc1ccc(N2CC[NH+](CC(=O)Nc3cc(F)ccc3C)CC2)c(C)c1. The minimum atomic E-state index is -0.333. The standard InChI is InChI=1S/C21H26FN3O/c1-15-4-7-20(17(3)12-15)25-10-8-24(9-11-25)14-21(26)23-19-13-18(22)6-5-16(19)2/h4-7,12-13H,8-11,14H2,1-3H3,(H,23,26)/p+1. The van der Waals surface area contributed by atoms with Crippen LogP contribution in [0, 0.1) is 26.6 Å². The molecule has 1 amide bonds. The summed E-state index contributed by atoms with van der Waals surface area (Å²) in [7, 11) is 0. The number of nitrogens with one attached hydrogen (secondary N) is 2. The highest BCUT2D eigenvalue weighted by Crippen LogP contribution is 2.21.